The van der Waals surface area contributed by atoms with Gasteiger partial charge in [-0.05, 0) is 19.1 Å². The fourth-order valence-corrected chi connectivity index (χ4v) is 2.13. The lowest BCUT2D eigenvalue weighted by atomic mass is 10.2. The SMILES string of the molecule is CCn1c(C(=O)O)cc2cc(OC)cc(OC)c21. The quantitative estimate of drug-likeness (QED) is 0.903. The summed E-state index contributed by atoms with van der Waals surface area (Å²) in [5, 5.41) is 9.99. The first-order chi connectivity index (χ1) is 8.62. The van der Waals surface area contributed by atoms with Crippen molar-refractivity contribution in [2.75, 3.05) is 14.2 Å². The Labute approximate surface area is 105 Å². The van der Waals surface area contributed by atoms with Crippen LogP contribution in [0.15, 0.2) is 18.2 Å². The highest BCUT2D eigenvalue weighted by Crippen LogP contribution is 2.33. The molecule has 1 heterocycles. The number of methoxy groups -OCH3 is 2. The van der Waals surface area contributed by atoms with Crippen molar-refractivity contribution in [2.24, 2.45) is 0 Å². The highest BCUT2D eigenvalue weighted by Gasteiger charge is 2.17. The highest BCUT2D eigenvalue weighted by molar-refractivity contribution is 5.97. The lowest BCUT2D eigenvalue weighted by Crippen LogP contribution is -2.07. The average Bonchev–Trinajstić information content (AvgIpc) is 2.75. The molecule has 0 spiro atoms. The van der Waals surface area contributed by atoms with E-state index in [4.69, 9.17) is 9.47 Å². The fraction of sp³-hybridized carbons (Fsp3) is 0.308. The van der Waals surface area contributed by atoms with Crippen molar-refractivity contribution in [3.63, 3.8) is 0 Å². The third-order valence-electron chi connectivity index (χ3n) is 2.92. The molecule has 0 aliphatic carbocycles. The molecular weight excluding hydrogens is 234 g/mol. The van der Waals surface area contributed by atoms with Crippen LogP contribution in [0.1, 0.15) is 17.4 Å². The zero-order valence-corrected chi connectivity index (χ0v) is 10.6. The zero-order chi connectivity index (χ0) is 13.3. The van der Waals surface area contributed by atoms with E-state index in [2.05, 4.69) is 0 Å². The van der Waals surface area contributed by atoms with Crippen molar-refractivity contribution in [1.82, 2.24) is 4.57 Å². The third kappa shape index (κ3) is 1.77. The summed E-state index contributed by atoms with van der Waals surface area (Å²) in [5.74, 6) is 0.303. The Kier molecular flexibility index (Phi) is 3.14. The van der Waals surface area contributed by atoms with Crippen LogP contribution in [0.2, 0.25) is 0 Å². The van der Waals surface area contributed by atoms with Gasteiger partial charge in [0.15, 0.2) is 0 Å². The first kappa shape index (κ1) is 12.3. The number of carbonyl (C=O) groups is 1. The van der Waals surface area contributed by atoms with Gasteiger partial charge in [0.05, 0.1) is 19.7 Å². The molecule has 1 N–H and O–H groups in total. The van der Waals surface area contributed by atoms with E-state index in [0.29, 0.717) is 18.0 Å². The monoisotopic (exact) mass is 249 g/mol. The summed E-state index contributed by atoms with van der Waals surface area (Å²) in [6, 6.07) is 5.18. The Morgan fingerprint density at radius 2 is 2.00 bits per heavy atom. The zero-order valence-electron chi connectivity index (χ0n) is 10.6. The Bertz CT molecular complexity index is 601. The van der Waals surface area contributed by atoms with Crippen LogP contribution in [0.5, 0.6) is 11.5 Å². The number of hydrogen-bond donors (Lipinski definition) is 1. The first-order valence-electron chi connectivity index (χ1n) is 5.61. The minimum Gasteiger partial charge on any atom is -0.497 e. The fourth-order valence-electron chi connectivity index (χ4n) is 2.13. The van der Waals surface area contributed by atoms with E-state index in [9.17, 15) is 9.90 Å². The van der Waals surface area contributed by atoms with E-state index in [-0.39, 0.29) is 5.69 Å². The van der Waals surface area contributed by atoms with Crippen molar-refractivity contribution in [1.29, 1.82) is 0 Å². The molecule has 2 aromatic rings. The predicted octanol–water partition coefficient (Wildman–Crippen LogP) is 2.38. The van der Waals surface area contributed by atoms with E-state index in [1.165, 1.54) is 0 Å². The van der Waals surface area contributed by atoms with Gasteiger partial charge in [-0.1, -0.05) is 0 Å². The summed E-state index contributed by atoms with van der Waals surface area (Å²) in [4.78, 5) is 11.2. The number of aromatic nitrogens is 1. The second-order valence-corrected chi connectivity index (χ2v) is 3.85. The van der Waals surface area contributed by atoms with Crippen molar-refractivity contribution < 1.29 is 19.4 Å². The molecule has 0 saturated carbocycles. The minimum absolute atomic E-state index is 0.249. The molecule has 0 bridgehead atoms. The molecule has 96 valence electrons. The summed E-state index contributed by atoms with van der Waals surface area (Å²) >= 11 is 0. The molecule has 2 rings (SSSR count). The molecule has 1 aromatic heterocycles. The maximum Gasteiger partial charge on any atom is 0.352 e. The molecule has 0 aliphatic heterocycles. The number of hydrogen-bond acceptors (Lipinski definition) is 3. The topological polar surface area (TPSA) is 60.7 Å². The maximum absolute atomic E-state index is 11.2. The molecule has 5 heteroatoms. The summed E-state index contributed by atoms with van der Waals surface area (Å²) in [5.41, 5.74) is 1.03. The number of aromatic carboxylic acids is 1. The number of benzene rings is 1. The molecule has 0 fully saturated rings. The van der Waals surface area contributed by atoms with Gasteiger partial charge in [-0.2, -0.15) is 0 Å². The van der Waals surface area contributed by atoms with Gasteiger partial charge in [-0.25, -0.2) is 4.79 Å². The average molecular weight is 249 g/mol. The second-order valence-electron chi connectivity index (χ2n) is 3.85. The van der Waals surface area contributed by atoms with Crippen LogP contribution in [0, 0.1) is 0 Å². The van der Waals surface area contributed by atoms with E-state index >= 15 is 0 Å². The smallest absolute Gasteiger partial charge is 0.352 e. The number of aryl methyl sites for hydroxylation is 1. The van der Waals surface area contributed by atoms with Gasteiger partial charge in [0.1, 0.15) is 17.2 Å². The number of fused-ring (bicyclic) bond motifs is 1. The lowest BCUT2D eigenvalue weighted by molar-refractivity contribution is 0.0686. The number of carboxylic acids is 1. The summed E-state index contributed by atoms with van der Waals surface area (Å²) in [6.45, 7) is 2.46. The van der Waals surface area contributed by atoms with Crippen molar-refractivity contribution in [3.05, 3.63) is 23.9 Å². The van der Waals surface area contributed by atoms with Crippen LogP contribution in [-0.2, 0) is 6.54 Å². The van der Waals surface area contributed by atoms with E-state index in [1.54, 1.807) is 37.0 Å². The maximum atomic E-state index is 11.2. The summed E-state index contributed by atoms with van der Waals surface area (Å²) in [7, 11) is 3.12. The number of carboxylic acid groups (broad SMARTS) is 1. The predicted molar refractivity (Wildman–Crippen MR) is 67.7 cm³/mol. The molecule has 0 aliphatic rings. The van der Waals surface area contributed by atoms with Crippen LogP contribution < -0.4 is 9.47 Å². The molecule has 0 saturated heterocycles. The van der Waals surface area contributed by atoms with Crippen LogP contribution in [0.3, 0.4) is 0 Å². The lowest BCUT2D eigenvalue weighted by Gasteiger charge is -2.10. The second kappa shape index (κ2) is 4.60. The van der Waals surface area contributed by atoms with Crippen LogP contribution in [0.4, 0.5) is 0 Å². The van der Waals surface area contributed by atoms with Crippen LogP contribution in [-0.4, -0.2) is 29.9 Å². The molecular formula is C13H15NO4. The first-order valence-corrected chi connectivity index (χ1v) is 5.61. The Morgan fingerprint density at radius 3 is 2.50 bits per heavy atom. The number of ether oxygens (including phenoxy) is 2. The summed E-state index contributed by atoms with van der Waals surface area (Å²) in [6.07, 6.45) is 0. The van der Waals surface area contributed by atoms with Crippen molar-refractivity contribution in [2.45, 2.75) is 13.5 Å². The molecule has 5 nitrogen and oxygen atoms in total. The Morgan fingerprint density at radius 1 is 1.28 bits per heavy atom. The molecule has 0 radical (unpaired) electrons. The van der Waals surface area contributed by atoms with Gasteiger partial charge in [0, 0.05) is 18.0 Å². The van der Waals surface area contributed by atoms with E-state index < -0.39 is 5.97 Å². The van der Waals surface area contributed by atoms with E-state index in [0.717, 1.165) is 10.9 Å². The summed E-state index contributed by atoms with van der Waals surface area (Å²) < 4.78 is 12.2. The number of nitrogens with zero attached hydrogens (tertiary/aromatic N) is 1. The molecule has 0 amide bonds. The van der Waals surface area contributed by atoms with Gasteiger partial charge < -0.3 is 19.1 Å². The Balaban J connectivity index is 2.83. The van der Waals surface area contributed by atoms with Gasteiger partial charge in [0.2, 0.25) is 0 Å². The van der Waals surface area contributed by atoms with Crippen molar-refractivity contribution in [3.8, 4) is 11.5 Å². The van der Waals surface area contributed by atoms with Gasteiger partial charge >= 0.3 is 5.97 Å². The van der Waals surface area contributed by atoms with Crippen LogP contribution in [0.25, 0.3) is 10.9 Å². The molecule has 1 aromatic carbocycles. The highest BCUT2D eigenvalue weighted by atomic mass is 16.5. The normalized spacial score (nSPS) is 10.6. The van der Waals surface area contributed by atoms with Gasteiger partial charge in [0.25, 0.3) is 0 Å². The molecule has 0 atom stereocenters. The van der Waals surface area contributed by atoms with Gasteiger partial charge in [-0.3, -0.25) is 0 Å². The van der Waals surface area contributed by atoms with Crippen molar-refractivity contribution >= 4 is 16.9 Å². The van der Waals surface area contributed by atoms with E-state index in [1.807, 2.05) is 6.92 Å². The van der Waals surface area contributed by atoms with Gasteiger partial charge in [-0.15, -0.1) is 0 Å². The third-order valence-corrected chi connectivity index (χ3v) is 2.92. The molecule has 18 heavy (non-hydrogen) atoms. The standard InChI is InChI=1S/C13H15NO4/c1-4-14-10(13(15)16)6-8-5-9(17-2)7-11(18-3)12(8)14/h5-7H,4H2,1-3H3,(H,15,16). The largest absolute Gasteiger partial charge is 0.497 e. The molecule has 0 unspecified atom stereocenters. The number of rotatable bonds is 4. The Hall–Kier alpha value is -2.17. The van der Waals surface area contributed by atoms with Crippen LogP contribution >= 0.6 is 0 Å². The minimum atomic E-state index is -0.950.